The van der Waals surface area contributed by atoms with Gasteiger partial charge in [-0.3, -0.25) is 0 Å². The zero-order chi connectivity index (χ0) is 12.3. The van der Waals surface area contributed by atoms with Crippen LogP contribution in [0.15, 0.2) is 40.8 Å². The second kappa shape index (κ2) is 5.06. The van der Waals surface area contributed by atoms with Crippen molar-refractivity contribution < 1.29 is 4.42 Å². The van der Waals surface area contributed by atoms with Gasteiger partial charge in [-0.2, -0.15) is 0 Å². The van der Waals surface area contributed by atoms with Crippen molar-refractivity contribution >= 4 is 5.69 Å². The summed E-state index contributed by atoms with van der Waals surface area (Å²) < 4.78 is 5.59. The minimum atomic E-state index is 0.453. The van der Waals surface area contributed by atoms with E-state index in [1.807, 2.05) is 12.1 Å². The van der Waals surface area contributed by atoms with Gasteiger partial charge >= 0.3 is 0 Å². The standard InChI is InChI=1S/C14H18N2O/c1-11-4-3-5-12(8-11)16(2)10-14-7-6-13(9-15)17-14/h3-8H,9-10,15H2,1-2H3. The molecular formula is C14H18N2O. The molecule has 0 radical (unpaired) electrons. The van der Waals surface area contributed by atoms with Crippen molar-refractivity contribution in [3.8, 4) is 0 Å². The molecule has 0 unspecified atom stereocenters. The van der Waals surface area contributed by atoms with Crippen LogP contribution in [0.5, 0.6) is 0 Å². The summed E-state index contributed by atoms with van der Waals surface area (Å²) in [6.45, 7) is 3.30. The lowest BCUT2D eigenvalue weighted by molar-refractivity contribution is 0.465. The third-order valence-electron chi connectivity index (χ3n) is 2.75. The molecule has 0 fully saturated rings. The Morgan fingerprint density at radius 1 is 1.18 bits per heavy atom. The van der Waals surface area contributed by atoms with Crippen molar-refractivity contribution in [2.75, 3.05) is 11.9 Å². The van der Waals surface area contributed by atoms with E-state index in [1.165, 1.54) is 11.3 Å². The van der Waals surface area contributed by atoms with E-state index in [1.54, 1.807) is 0 Å². The Labute approximate surface area is 102 Å². The molecule has 0 spiro atoms. The van der Waals surface area contributed by atoms with Crippen LogP contribution in [0.25, 0.3) is 0 Å². The fraction of sp³-hybridized carbons (Fsp3) is 0.286. The van der Waals surface area contributed by atoms with Gasteiger partial charge in [0.15, 0.2) is 0 Å². The summed E-state index contributed by atoms with van der Waals surface area (Å²) in [5, 5.41) is 0. The number of furan rings is 1. The Balaban J connectivity index is 2.08. The maximum Gasteiger partial charge on any atom is 0.123 e. The molecule has 0 amide bonds. The smallest absolute Gasteiger partial charge is 0.123 e. The molecule has 0 aliphatic heterocycles. The van der Waals surface area contributed by atoms with E-state index in [-0.39, 0.29) is 0 Å². The third kappa shape index (κ3) is 2.88. The fourth-order valence-electron chi connectivity index (χ4n) is 1.81. The monoisotopic (exact) mass is 230 g/mol. The average molecular weight is 230 g/mol. The lowest BCUT2D eigenvalue weighted by atomic mass is 10.2. The summed E-state index contributed by atoms with van der Waals surface area (Å²) in [5.74, 6) is 1.77. The molecule has 0 bridgehead atoms. The van der Waals surface area contributed by atoms with Gasteiger partial charge in [-0.1, -0.05) is 12.1 Å². The maximum absolute atomic E-state index is 5.59. The van der Waals surface area contributed by atoms with Gasteiger partial charge in [0.25, 0.3) is 0 Å². The Morgan fingerprint density at radius 2 is 1.94 bits per heavy atom. The molecule has 0 saturated heterocycles. The highest BCUT2D eigenvalue weighted by Crippen LogP contribution is 2.17. The number of nitrogens with zero attached hydrogens (tertiary/aromatic N) is 1. The van der Waals surface area contributed by atoms with E-state index in [2.05, 4.69) is 43.1 Å². The van der Waals surface area contributed by atoms with Crippen LogP contribution in [0.3, 0.4) is 0 Å². The molecule has 2 aromatic rings. The van der Waals surface area contributed by atoms with Crippen LogP contribution in [0.4, 0.5) is 5.69 Å². The summed E-state index contributed by atoms with van der Waals surface area (Å²) in [6.07, 6.45) is 0. The van der Waals surface area contributed by atoms with Crippen LogP contribution in [-0.2, 0) is 13.1 Å². The summed E-state index contributed by atoms with van der Waals surface area (Å²) in [7, 11) is 2.05. The summed E-state index contributed by atoms with van der Waals surface area (Å²) in [4.78, 5) is 2.16. The predicted molar refractivity (Wildman–Crippen MR) is 69.9 cm³/mol. The number of hydrogen-bond donors (Lipinski definition) is 1. The van der Waals surface area contributed by atoms with Crippen molar-refractivity contribution in [2.24, 2.45) is 5.73 Å². The highest BCUT2D eigenvalue weighted by Gasteiger charge is 2.05. The van der Waals surface area contributed by atoms with E-state index in [4.69, 9.17) is 10.2 Å². The van der Waals surface area contributed by atoms with Gasteiger partial charge < -0.3 is 15.1 Å². The molecule has 0 aliphatic rings. The van der Waals surface area contributed by atoms with E-state index in [0.717, 1.165) is 18.1 Å². The second-order valence-corrected chi connectivity index (χ2v) is 4.27. The zero-order valence-corrected chi connectivity index (χ0v) is 10.3. The van der Waals surface area contributed by atoms with Gasteiger partial charge in [0.2, 0.25) is 0 Å². The number of anilines is 1. The minimum absolute atomic E-state index is 0.453. The molecule has 1 aromatic carbocycles. The molecule has 2 rings (SSSR count). The SMILES string of the molecule is Cc1cccc(N(C)Cc2ccc(CN)o2)c1. The van der Waals surface area contributed by atoms with Gasteiger partial charge in [-0.25, -0.2) is 0 Å². The molecule has 90 valence electrons. The Bertz CT molecular complexity index is 490. The zero-order valence-electron chi connectivity index (χ0n) is 10.3. The third-order valence-corrected chi connectivity index (χ3v) is 2.75. The van der Waals surface area contributed by atoms with Crippen molar-refractivity contribution in [1.29, 1.82) is 0 Å². The number of rotatable bonds is 4. The molecule has 1 heterocycles. The molecule has 1 aromatic heterocycles. The molecular weight excluding hydrogens is 212 g/mol. The van der Waals surface area contributed by atoms with Gasteiger partial charge in [-0.05, 0) is 36.8 Å². The lowest BCUT2D eigenvalue weighted by Crippen LogP contribution is -2.15. The van der Waals surface area contributed by atoms with E-state index in [0.29, 0.717) is 6.54 Å². The van der Waals surface area contributed by atoms with Crippen LogP contribution in [0.1, 0.15) is 17.1 Å². The first kappa shape index (κ1) is 11.7. The first-order valence-electron chi connectivity index (χ1n) is 5.74. The lowest BCUT2D eigenvalue weighted by Gasteiger charge is -2.18. The molecule has 17 heavy (non-hydrogen) atoms. The van der Waals surface area contributed by atoms with Gasteiger partial charge in [0, 0.05) is 12.7 Å². The second-order valence-electron chi connectivity index (χ2n) is 4.27. The maximum atomic E-state index is 5.59. The van der Waals surface area contributed by atoms with Crippen molar-refractivity contribution in [1.82, 2.24) is 0 Å². The van der Waals surface area contributed by atoms with E-state index < -0.39 is 0 Å². The van der Waals surface area contributed by atoms with Crippen LogP contribution in [0.2, 0.25) is 0 Å². The molecule has 3 heteroatoms. The van der Waals surface area contributed by atoms with Crippen LogP contribution < -0.4 is 10.6 Å². The fourth-order valence-corrected chi connectivity index (χ4v) is 1.81. The topological polar surface area (TPSA) is 42.4 Å². The highest BCUT2D eigenvalue weighted by molar-refractivity contribution is 5.47. The first-order chi connectivity index (χ1) is 8.19. The van der Waals surface area contributed by atoms with Crippen LogP contribution in [0, 0.1) is 6.92 Å². The van der Waals surface area contributed by atoms with E-state index in [9.17, 15) is 0 Å². The molecule has 3 nitrogen and oxygen atoms in total. The normalized spacial score (nSPS) is 10.5. The number of aryl methyl sites for hydroxylation is 1. The Kier molecular flexibility index (Phi) is 3.49. The predicted octanol–water partition coefficient (Wildman–Crippen LogP) is 2.68. The Hall–Kier alpha value is -1.74. The summed E-state index contributed by atoms with van der Waals surface area (Å²) >= 11 is 0. The average Bonchev–Trinajstić information content (AvgIpc) is 2.77. The van der Waals surface area contributed by atoms with E-state index >= 15 is 0 Å². The first-order valence-corrected chi connectivity index (χ1v) is 5.74. The molecule has 0 saturated carbocycles. The van der Waals surface area contributed by atoms with Crippen molar-refractivity contribution in [3.05, 3.63) is 53.5 Å². The van der Waals surface area contributed by atoms with Gasteiger partial charge in [0.05, 0.1) is 13.1 Å². The van der Waals surface area contributed by atoms with Crippen molar-refractivity contribution in [2.45, 2.75) is 20.0 Å². The molecule has 0 aliphatic carbocycles. The Morgan fingerprint density at radius 3 is 2.59 bits per heavy atom. The van der Waals surface area contributed by atoms with Gasteiger partial charge in [-0.15, -0.1) is 0 Å². The number of hydrogen-bond acceptors (Lipinski definition) is 3. The highest BCUT2D eigenvalue weighted by atomic mass is 16.3. The number of benzene rings is 1. The van der Waals surface area contributed by atoms with Crippen LogP contribution >= 0.6 is 0 Å². The quantitative estimate of drug-likeness (QED) is 0.878. The van der Waals surface area contributed by atoms with Crippen LogP contribution in [-0.4, -0.2) is 7.05 Å². The van der Waals surface area contributed by atoms with Gasteiger partial charge in [0.1, 0.15) is 11.5 Å². The summed E-state index contributed by atoms with van der Waals surface area (Å²) in [6, 6.07) is 12.3. The number of nitrogens with two attached hydrogens (primary N) is 1. The summed E-state index contributed by atoms with van der Waals surface area (Å²) in [5.41, 5.74) is 7.97. The minimum Gasteiger partial charge on any atom is -0.463 e. The largest absolute Gasteiger partial charge is 0.463 e. The molecule has 0 atom stereocenters. The molecule has 2 N–H and O–H groups in total. The van der Waals surface area contributed by atoms with Crippen molar-refractivity contribution in [3.63, 3.8) is 0 Å².